The molecule has 0 saturated heterocycles. The third-order valence-corrected chi connectivity index (χ3v) is 5.03. The SMILES string of the molecule is Cc1ncc(NC(=O)c2ccnc(C(C)(C)C#N)c2)cc1-c1cnc(NC(C)C)c(C#N)c1. The van der Waals surface area contributed by atoms with E-state index in [1.807, 2.05) is 20.8 Å². The van der Waals surface area contributed by atoms with E-state index in [9.17, 15) is 15.3 Å². The first-order valence-corrected chi connectivity index (χ1v) is 10.5. The van der Waals surface area contributed by atoms with Gasteiger partial charge in [0.1, 0.15) is 11.9 Å². The van der Waals surface area contributed by atoms with Crippen LogP contribution in [0.1, 0.15) is 55.0 Å². The second-order valence-corrected chi connectivity index (χ2v) is 8.51. The van der Waals surface area contributed by atoms with Gasteiger partial charge in [-0.25, -0.2) is 4.98 Å². The van der Waals surface area contributed by atoms with Gasteiger partial charge in [-0.05, 0) is 58.9 Å². The summed E-state index contributed by atoms with van der Waals surface area (Å²) in [7, 11) is 0. The number of nitriles is 2. The minimum absolute atomic E-state index is 0.143. The Morgan fingerprint density at radius 1 is 1.09 bits per heavy atom. The highest BCUT2D eigenvalue weighted by Gasteiger charge is 2.22. The number of aryl methyl sites for hydroxylation is 1. The third-order valence-electron chi connectivity index (χ3n) is 5.03. The first kappa shape index (κ1) is 23.4. The molecule has 0 bridgehead atoms. The van der Waals surface area contributed by atoms with Crippen LogP contribution in [0.3, 0.4) is 0 Å². The van der Waals surface area contributed by atoms with Crippen molar-refractivity contribution in [2.75, 3.05) is 10.6 Å². The Morgan fingerprint density at radius 2 is 1.85 bits per heavy atom. The molecule has 3 aromatic rings. The lowest BCUT2D eigenvalue weighted by Crippen LogP contribution is -2.18. The molecular weight excluding hydrogens is 414 g/mol. The van der Waals surface area contributed by atoms with Gasteiger partial charge in [0, 0.05) is 40.8 Å². The topological polar surface area (TPSA) is 127 Å². The summed E-state index contributed by atoms with van der Waals surface area (Å²) in [4.78, 5) is 25.9. The van der Waals surface area contributed by atoms with E-state index in [1.165, 1.54) is 6.20 Å². The van der Waals surface area contributed by atoms with E-state index in [0.717, 1.165) is 16.8 Å². The summed E-state index contributed by atoms with van der Waals surface area (Å²) in [5.41, 5.74) is 3.26. The summed E-state index contributed by atoms with van der Waals surface area (Å²) in [5, 5.41) is 24.9. The molecule has 3 heterocycles. The number of nitrogens with one attached hydrogen (secondary N) is 2. The molecule has 0 atom stereocenters. The number of pyridine rings is 3. The van der Waals surface area contributed by atoms with Gasteiger partial charge >= 0.3 is 0 Å². The lowest BCUT2D eigenvalue weighted by Gasteiger charge is -2.15. The smallest absolute Gasteiger partial charge is 0.255 e. The first-order chi connectivity index (χ1) is 15.6. The molecule has 166 valence electrons. The van der Waals surface area contributed by atoms with Crippen LogP contribution < -0.4 is 10.6 Å². The standard InChI is InChI=1S/C25H25N7O/c1-15(2)31-23-18(11-26)8-19(12-30-23)21-10-20(13-29-16(21)3)32-24(33)17-6-7-28-22(9-17)25(4,5)14-27/h6-10,12-13,15H,1-5H3,(H,30,31)(H,32,33). The molecule has 2 N–H and O–H groups in total. The summed E-state index contributed by atoms with van der Waals surface area (Å²) in [6.07, 6.45) is 4.77. The van der Waals surface area contributed by atoms with Crippen molar-refractivity contribution in [3.05, 3.63) is 65.4 Å². The maximum Gasteiger partial charge on any atom is 0.255 e. The summed E-state index contributed by atoms with van der Waals surface area (Å²) in [6, 6.07) is 11.3. The fourth-order valence-corrected chi connectivity index (χ4v) is 3.15. The number of rotatable bonds is 6. The van der Waals surface area contributed by atoms with E-state index in [1.54, 1.807) is 50.5 Å². The molecule has 3 aromatic heterocycles. The van der Waals surface area contributed by atoms with E-state index in [2.05, 4.69) is 37.7 Å². The number of carbonyl (C=O) groups is 1. The van der Waals surface area contributed by atoms with Crippen LogP contribution in [-0.4, -0.2) is 26.9 Å². The van der Waals surface area contributed by atoms with Crippen molar-refractivity contribution in [3.8, 4) is 23.3 Å². The maximum absolute atomic E-state index is 12.8. The molecule has 0 aliphatic heterocycles. The predicted octanol–water partition coefficient (Wildman–Crippen LogP) is 4.59. The average molecular weight is 440 g/mol. The molecule has 33 heavy (non-hydrogen) atoms. The molecule has 0 unspecified atom stereocenters. The lowest BCUT2D eigenvalue weighted by atomic mass is 9.90. The Bertz CT molecular complexity index is 1280. The zero-order valence-electron chi connectivity index (χ0n) is 19.3. The number of hydrogen-bond donors (Lipinski definition) is 2. The molecule has 0 saturated carbocycles. The Balaban J connectivity index is 1.90. The van der Waals surface area contributed by atoms with Crippen LogP contribution in [0.2, 0.25) is 0 Å². The minimum Gasteiger partial charge on any atom is -0.367 e. The zero-order valence-corrected chi connectivity index (χ0v) is 19.3. The van der Waals surface area contributed by atoms with Gasteiger partial charge in [-0.1, -0.05) is 0 Å². The zero-order chi connectivity index (χ0) is 24.2. The highest BCUT2D eigenvalue weighted by Crippen LogP contribution is 2.28. The van der Waals surface area contributed by atoms with Crippen molar-refractivity contribution in [3.63, 3.8) is 0 Å². The molecule has 3 rings (SSSR count). The Labute approximate surface area is 193 Å². The monoisotopic (exact) mass is 439 g/mol. The van der Waals surface area contributed by atoms with Crippen LogP contribution >= 0.6 is 0 Å². The van der Waals surface area contributed by atoms with Crippen molar-refractivity contribution in [1.29, 1.82) is 10.5 Å². The second-order valence-electron chi connectivity index (χ2n) is 8.51. The molecule has 0 aliphatic rings. The molecule has 8 nitrogen and oxygen atoms in total. The van der Waals surface area contributed by atoms with Gasteiger partial charge in [-0.2, -0.15) is 10.5 Å². The third kappa shape index (κ3) is 5.31. The lowest BCUT2D eigenvalue weighted by molar-refractivity contribution is 0.102. The quantitative estimate of drug-likeness (QED) is 0.575. The summed E-state index contributed by atoms with van der Waals surface area (Å²) in [5.74, 6) is 0.191. The van der Waals surface area contributed by atoms with Crippen molar-refractivity contribution in [2.24, 2.45) is 0 Å². The van der Waals surface area contributed by atoms with E-state index >= 15 is 0 Å². The molecule has 0 radical (unpaired) electrons. The Kier molecular flexibility index (Phi) is 6.69. The van der Waals surface area contributed by atoms with Crippen molar-refractivity contribution in [1.82, 2.24) is 15.0 Å². The number of nitrogens with zero attached hydrogens (tertiary/aromatic N) is 5. The summed E-state index contributed by atoms with van der Waals surface area (Å²) < 4.78 is 0. The Morgan fingerprint density at radius 3 is 2.52 bits per heavy atom. The van der Waals surface area contributed by atoms with Crippen molar-refractivity contribution in [2.45, 2.75) is 46.1 Å². The molecule has 0 spiro atoms. The average Bonchev–Trinajstić information content (AvgIpc) is 2.80. The molecular formula is C25H25N7O. The highest BCUT2D eigenvalue weighted by atomic mass is 16.1. The van der Waals surface area contributed by atoms with E-state index in [0.29, 0.717) is 28.3 Å². The summed E-state index contributed by atoms with van der Waals surface area (Å²) >= 11 is 0. The van der Waals surface area contributed by atoms with Gasteiger partial charge in [0.2, 0.25) is 0 Å². The van der Waals surface area contributed by atoms with Crippen LogP contribution in [0, 0.1) is 29.6 Å². The van der Waals surface area contributed by atoms with Gasteiger partial charge in [-0.3, -0.25) is 14.8 Å². The molecule has 0 aromatic carbocycles. The van der Waals surface area contributed by atoms with Gasteiger partial charge in [0.15, 0.2) is 0 Å². The number of anilines is 2. The van der Waals surface area contributed by atoms with Crippen LogP contribution in [0.5, 0.6) is 0 Å². The predicted molar refractivity (Wildman–Crippen MR) is 127 cm³/mol. The maximum atomic E-state index is 12.8. The second kappa shape index (κ2) is 9.46. The van der Waals surface area contributed by atoms with Crippen LogP contribution in [0.15, 0.2) is 42.9 Å². The highest BCUT2D eigenvalue weighted by molar-refractivity contribution is 6.04. The van der Waals surface area contributed by atoms with E-state index < -0.39 is 5.41 Å². The number of amides is 1. The van der Waals surface area contributed by atoms with Gasteiger partial charge < -0.3 is 10.6 Å². The number of aromatic nitrogens is 3. The molecule has 0 fully saturated rings. The summed E-state index contributed by atoms with van der Waals surface area (Å²) in [6.45, 7) is 9.30. The Hall–Kier alpha value is -4.30. The normalized spacial score (nSPS) is 10.9. The molecule has 0 aliphatic carbocycles. The van der Waals surface area contributed by atoms with Crippen molar-refractivity contribution < 1.29 is 4.79 Å². The minimum atomic E-state index is -0.809. The van der Waals surface area contributed by atoms with Gasteiger partial charge in [0.25, 0.3) is 5.91 Å². The number of hydrogen-bond acceptors (Lipinski definition) is 7. The van der Waals surface area contributed by atoms with Crippen LogP contribution in [0.4, 0.5) is 11.5 Å². The number of carbonyl (C=O) groups excluding carboxylic acids is 1. The fourth-order valence-electron chi connectivity index (χ4n) is 3.15. The van der Waals surface area contributed by atoms with Crippen LogP contribution in [-0.2, 0) is 5.41 Å². The van der Waals surface area contributed by atoms with Crippen molar-refractivity contribution >= 4 is 17.4 Å². The first-order valence-electron chi connectivity index (χ1n) is 10.5. The fraction of sp³-hybridized carbons (Fsp3) is 0.280. The van der Waals surface area contributed by atoms with Gasteiger partial charge in [-0.15, -0.1) is 0 Å². The van der Waals surface area contributed by atoms with Gasteiger partial charge in [0.05, 0.1) is 34.6 Å². The largest absolute Gasteiger partial charge is 0.367 e. The van der Waals surface area contributed by atoms with E-state index in [4.69, 9.17) is 0 Å². The molecule has 1 amide bonds. The van der Waals surface area contributed by atoms with Crippen LogP contribution in [0.25, 0.3) is 11.1 Å². The van der Waals surface area contributed by atoms with E-state index in [-0.39, 0.29) is 11.9 Å². The molecule has 8 heteroatoms.